The van der Waals surface area contributed by atoms with Gasteiger partial charge in [0.05, 0.1) is 6.54 Å². The van der Waals surface area contributed by atoms with Crippen molar-refractivity contribution in [3.63, 3.8) is 0 Å². The van der Waals surface area contributed by atoms with E-state index in [1.807, 2.05) is 0 Å². The largest absolute Gasteiger partial charge is 0.307 e. The van der Waals surface area contributed by atoms with Crippen LogP contribution in [0.5, 0.6) is 0 Å². The fraction of sp³-hybridized carbons (Fsp3) is 0.750. The van der Waals surface area contributed by atoms with Crippen molar-refractivity contribution < 1.29 is 4.79 Å². The van der Waals surface area contributed by atoms with Crippen LogP contribution in [0.15, 0.2) is 11.6 Å². The molecule has 0 amide bonds. The first-order valence-corrected chi connectivity index (χ1v) is 5.69. The maximum Gasteiger partial charge on any atom is 0.172 e. The van der Waals surface area contributed by atoms with Gasteiger partial charge in [0.1, 0.15) is 0 Å². The number of hydrogen-bond donors (Lipinski definition) is 1. The summed E-state index contributed by atoms with van der Waals surface area (Å²) in [4.78, 5) is 11.7. The molecule has 1 unspecified atom stereocenters. The minimum Gasteiger partial charge on any atom is -0.307 e. The lowest BCUT2D eigenvalue weighted by atomic mass is 9.96. The van der Waals surface area contributed by atoms with Gasteiger partial charge in [-0.25, -0.2) is 0 Å². The van der Waals surface area contributed by atoms with Crippen LogP contribution in [0.3, 0.4) is 0 Å². The molecule has 2 nitrogen and oxygen atoms in total. The van der Waals surface area contributed by atoms with E-state index in [4.69, 9.17) is 0 Å². The number of carbonyl (C=O) groups excluding carboxylic acids is 1. The highest BCUT2D eigenvalue weighted by atomic mass is 16.1. The van der Waals surface area contributed by atoms with Crippen LogP contribution in [0.2, 0.25) is 0 Å². The van der Waals surface area contributed by atoms with E-state index in [0.29, 0.717) is 18.4 Å². The van der Waals surface area contributed by atoms with E-state index in [0.717, 1.165) is 24.8 Å². The van der Waals surface area contributed by atoms with E-state index in [9.17, 15) is 4.79 Å². The molecule has 1 N–H and O–H groups in total. The molecule has 80 valence electrons. The van der Waals surface area contributed by atoms with Crippen LogP contribution in [-0.2, 0) is 4.79 Å². The van der Waals surface area contributed by atoms with Crippen LogP contribution in [0, 0.1) is 0 Å². The van der Waals surface area contributed by atoms with E-state index >= 15 is 0 Å². The summed E-state index contributed by atoms with van der Waals surface area (Å²) in [6, 6.07) is 0.447. The topological polar surface area (TPSA) is 29.1 Å². The zero-order chi connectivity index (χ0) is 10.4. The molecule has 1 atom stereocenters. The molecule has 1 aliphatic rings. The Bertz CT molecular complexity index is 220. The molecule has 0 spiro atoms. The first-order valence-electron chi connectivity index (χ1n) is 5.69. The monoisotopic (exact) mass is 195 g/mol. The molecule has 0 heterocycles. The summed E-state index contributed by atoms with van der Waals surface area (Å²) < 4.78 is 0. The van der Waals surface area contributed by atoms with E-state index in [-0.39, 0.29) is 0 Å². The Labute approximate surface area is 86.8 Å². The first-order chi connectivity index (χ1) is 6.74. The highest BCUT2D eigenvalue weighted by Crippen LogP contribution is 2.17. The lowest BCUT2D eigenvalue weighted by molar-refractivity contribution is -0.115. The first kappa shape index (κ1) is 11.4. The Hall–Kier alpha value is -0.630. The summed E-state index contributed by atoms with van der Waals surface area (Å²) in [6.45, 7) is 4.76. The summed E-state index contributed by atoms with van der Waals surface area (Å²) in [6.07, 6.45) is 7.69. The summed E-state index contributed by atoms with van der Waals surface area (Å²) in [5, 5.41) is 3.24. The molecule has 0 saturated carbocycles. The molecule has 0 bridgehead atoms. The van der Waals surface area contributed by atoms with Gasteiger partial charge in [-0.2, -0.15) is 0 Å². The number of ketones is 1. The maximum absolute atomic E-state index is 11.7. The average molecular weight is 195 g/mol. The van der Waals surface area contributed by atoms with Crippen molar-refractivity contribution >= 4 is 5.78 Å². The third-order valence-electron chi connectivity index (χ3n) is 2.87. The zero-order valence-electron chi connectivity index (χ0n) is 9.31. The molecule has 14 heavy (non-hydrogen) atoms. The average Bonchev–Trinajstić information content (AvgIpc) is 2.26. The van der Waals surface area contributed by atoms with Gasteiger partial charge in [0.15, 0.2) is 5.78 Å². The molecule has 0 aromatic carbocycles. The van der Waals surface area contributed by atoms with Crippen molar-refractivity contribution in [2.24, 2.45) is 0 Å². The number of allylic oxidation sites excluding steroid dienone is 1. The van der Waals surface area contributed by atoms with Gasteiger partial charge in [0, 0.05) is 6.04 Å². The lowest BCUT2D eigenvalue weighted by Crippen LogP contribution is -2.31. The quantitative estimate of drug-likeness (QED) is 0.730. The Morgan fingerprint density at radius 3 is 2.93 bits per heavy atom. The molecule has 1 rings (SSSR count). The predicted octanol–water partition coefficient (Wildman–Crippen LogP) is 2.44. The molecular weight excluding hydrogens is 174 g/mol. The lowest BCUT2D eigenvalue weighted by Gasteiger charge is -2.14. The van der Waals surface area contributed by atoms with Crippen LogP contribution in [-0.4, -0.2) is 18.4 Å². The van der Waals surface area contributed by atoms with E-state index in [2.05, 4.69) is 25.2 Å². The summed E-state index contributed by atoms with van der Waals surface area (Å²) >= 11 is 0. The standard InChI is InChI=1S/C12H21NO/c1-3-10(2)13-9-12(14)11-7-5-4-6-8-11/h7,10,13H,3-6,8-9H2,1-2H3. The van der Waals surface area contributed by atoms with Crippen molar-refractivity contribution in [3.05, 3.63) is 11.6 Å². The predicted molar refractivity (Wildman–Crippen MR) is 59.3 cm³/mol. The highest BCUT2D eigenvalue weighted by molar-refractivity contribution is 5.96. The molecule has 2 heteroatoms. The Balaban J connectivity index is 2.30. The Morgan fingerprint density at radius 1 is 1.57 bits per heavy atom. The Morgan fingerprint density at radius 2 is 2.36 bits per heavy atom. The molecule has 0 aromatic heterocycles. The zero-order valence-corrected chi connectivity index (χ0v) is 9.31. The molecule has 0 aliphatic heterocycles. The van der Waals surface area contributed by atoms with Gasteiger partial charge in [-0.15, -0.1) is 0 Å². The number of rotatable bonds is 5. The van der Waals surface area contributed by atoms with Crippen LogP contribution < -0.4 is 5.32 Å². The van der Waals surface area contributed by atoms with E-state index < -0.39 is 0 Å². The van der Waals surface area contributed by atoms with E-state index in [1.54, 1.807) is 0 Å². The summed E-state index contributed by atoms with van der Waals surface area (Å²) in [5.74, 6) is 0.296. The fourth-order valence-electron chi connectivity index (χ4n) is 1.62. The second-order valence-electron chi connectivity index (χ2n) is 4.09. The van der Waals surface area contributed by atoms with Gasteiger partial charge in [0.25, 0.3) is 0 Å². The van der Waals surface area contributed by atoms with Crippen LogP contribution in [0.1, 0.15) is 46.0 Å². The molecule has 0 radical (unpaired) electrons. The minimum absolute atomic E-state index is 0.296. The molecule has 0 fully saturated rings. The maximum atomic E-state index is 11.7. The second kappa shape index (κ2) is 5.97. The van der Waals surface area contributed by atoms with Gasteiger partial charge in [-0.05, 0) is 44.6 Å². The normalized spacial score (nSPS) is 18.9. The van der Waals surface area contributed by atoms with Crippen molar-refractivity contribution in [3.8, 4) is 0 Å². The van der Waals surface area contributed by atoms with Crippen molar-refractivity contribution in [2.75, 3.05) is 6.54 Å². The number of carbonyl (C=O) groups is 1. The van der Waals surface area contributed by atoms with Crippen LogP contribution in [0.4, 0.5) is 0 Å². The minimum atomic E-state index is 0.296. The molecule has 0 aromatic rings. The van der Waals surface area contributed by atoms with E-state index in [1.165, 1.54) is 12.8 Å². The van der Waals surface area contributed by atoms with Gasteiger partial charge >= 0.3 is 0 Å². The number of nitrogens with one attached hydrogen (secondary N) is 1. The second-order valence-corrected chi connectivity index (χ2v) is 4.09. The summed E-state index contributed by atoms with van der Waals surface area (Å²) in [5.41, 5.74) is 1.05. The third-order valence-corrected chi connectivity index (χ3v) is 2.87. The Kier molecular flexibility index (Phi) is 4.88. The molecule has 0 saturated heterocycles. The fourth-order valence-corrected chi connectivity index (χ4v) is 1.62. The van der Waals surface area contributed by atoms with Crippen molar-refractivity contribution in [2.45, 2.75) is 52.0 Å². The molecule has 1 aliphatic carbocycles. The van der Waals surface area contributed by atoms with Crippen LogP contribution >= 0.6 is 0 Å². The highest BCUT2D eigenvalue weighted by Gasteiger charge is 2.12. The van der Waals surface area contributed by atoms with Crippen molar-refractivity contribution in [1.82, 2.24) is 5.32 Å². The molecular formula is C12H21NO. The smallest absolute Gasteiger partial charge is 0.172 e. The SMILES string of the molecule is CCC(C)NCC(=O)C1=CCCCC1. The summed E-state index contributed by atoms with van der Waals surface area (Å²) in [7, 11) is 0. The van der Waals surface area contributed by atoms with Gasteiger partial charge < -0.3 is 5.32 Å². The third kappa shape index (κ3) is 3.62. The van der Waals surface area contributed by atoms with Crippen molar-refractivity contribution in [1.29, 1.82) is 0 Å². The van der Waals surface area contributed by atoms with Gasteiger partial charge in [-0.1, -0.05) is 13.0 Å². The van der Waals surface area contributed by atoms with Crippen LogP contribution in [0.25, 0.3) is 0 Å². The number of Topliss-reactive ketones (excluding diaryl/α,β-unsaturated/α-hetero) is 1. The van der Waals surface area contributed by atoms with Gasteiger partial charge in [-0.3, -0.25) is 4.79 Å². The van der Waals surface area contributed by atoms with Gasteiger partial charge in [0.2, 0.25) is 0 Å². The number of hydrogen-bond acceptors (Lipinski definition) is 2.